The van der Waals surface area contributed by atoms with Crippen LogP contribution < -0.4 is 5.32 Å². The molecule has 0 radical (unpaired) electrons. The van der Waals surface area contributed by atoms with Gasteiger partial charge in [0.25, 0.3) is 5.91 Å². The van der Waals surface area contributed by atoms with Crippen LogP contribution in [0.5, 0.6) is 0 Å². The molecule has 0 fully saturated rings. The molecule has 2 rings (SSSR count). The molecule has 0 bridgehead atoms. The zero-order valence-corrected chi connectivity index (χ0v) is 11.9. The molecule has 0 aliphatic heterocycles. The fourth-order valence-electron chi connectivity index (χ4n) is 1.42. The first kappa shape index (κ1) is 13.1. The molecule has 1 N–H and O–H groups in total. The van der Waals surface area contributed by atoms with Gasteiger partial charge in [0, 0.05) is 21.3 Å². The first-order valence-corrected chi connectivity index (χ1v) is 6.42. The molecule has 1 aromatic heterocycles. The van der Waals surface area contributed by atoms with E-state index in [0.29, 0.717) is 16.4 Å². The molecule has 1 aromatic carbocycles. The smallest absolute Gasteiger partial charge is 0.256 e. The number of pyridine rings is 1. The Morgan fingerprint density at radius 1 is 1.33 bits per heavy atom. The molecule has 5 heteroatoms. The minimum Gasteiger partial charge on any atom is -0.307 e. The molecule has 1 heterocycles. The Hall–Kier alpha value is -1.39. The third-order valence-electron chi connectivity index (χ3n) is 2.39. The van der Waals surface area contributed by atoms with Crippen molar-refractivity contribution in [1.82, 2.24) is 4.98 Å². The van der Waals surface area contributed by atoms with Gasteiger partial charge in [0.1, 0.15) is 5.82 Å². The van der Waals surface area contributed by atoms with Gasteiger partial charge in [0.15, 0.2) is 0 Å². The molecule has 3 nitrogen and oxygen atoms in total. The summed E-state index contributed by atoms with van der Waals surface area (Å²) >= 11 is 9.20. The highest BCUT2D eigenvalue weighted by Gasteiger charge is 2.08. The van der Waals surface area contributed by atoms with E-state index in [4.69, 9.17) is 11.6 Å². The fraction of sp³-hybridized carbons (Fsp3) is 0.0769. The quantitative estimate of drug-likeness (QED) is 0.905. The Morgan fingerprint density at radius 3 is 2.72 bits per heavy atom. The topological polar surface area (TPSA) is 42.0 Å². The van der Waals surface area contributed by atoms with Crippen molar-refractivity contribution < 1.29 is 4.79 Å². The largest absolute Gasteiger partial charge is 0.307 e. The molecule has 0 saturated heterocycles. The minimum absolute atomic E-state index is 0.204. The number of carbonyl (C=O) groups excluding carboxylic acids is 1. The lowest BCUT2D eigenvalue weighted by Crippen LogP contribution is -2.12. The number of nitrogens with zero attached hydrogens (tertiary/aromatic N) is 1. The van der Waals surface area contributed by atoms with E-state index in [0.717, 1.165) is 10.0 Å². The summed E-state index contributed by atoms with van der Waals surface area (Å²) < 4.78 is 0.864. The molecule has 2 aromatic rings. The molecule has 92 valence electrons. The van der Waals surface area contributed by atoms with Crippen LogP contribution in [0.25, 0.3) is 0 Å². The van der Waals surface area contributed by atoms with Crippen molar-refractivity contribution in [2.24, 2.45) is 0 Å². The van der Waals surface area contributed by atoms with Crippen molar-refractivity contribution in [3.05, 3.63) is 57.2 Å². The van der Waals surface area contributed by atoms with Gasteiger partial charge in [-0.1, -0.05) is 11.6 Å². The summed E-state index contributed by atoms with van der Waals surface area (Å²) in [7, 11) is 0. The van der Waals surface area contributed by atoms with Gasteiger partial charge in [-0.2, -0.15) is 0 Å². The van der Waals surface area contributed by atoms with Crippen LogP contribution in [0, 0.1) is 6.92 Å². The van der Waals surface area contributed by atoms with Crippen molar-refractivity contribution in [2.75, 3.05) is 5.32 Å². The van der Waals surface area contributed by atoms with Crippen LogP contribution in [0.15, 0.2) is 41.0 Å². The normalized spacial score (nSPS) is 10.2. The van der Waals surface area contributed by atoms with Crippen molar-refractivity contribution in [3.63, 3.8) is 0 Å². The van der Waals surface area contributed by atoms with Crippen molar-refractivity contribution >= 4 is 39.3 Å². The average molecular weight is 326 g/mol. The van der Waals surface area contributed by atoms with Crippen LogP contribution in [0.2, 0.25) is 5.02 Å². The Labute approximate surface area is 118 Å². The van der Waals surface area contributed by atoms with Crippen LogP contribution in [-0.4, -0.2) is 10.9 Å². The molecule has 0 saturated carbocycles. The maximum atomic E-state index is 12.0. The van der Waals surface area contributed by atoms with Crippen LogP contribution in [0.3, 0.4) is 0 Å². The zero-order chi connectivity index (χ0) is 13.1. The van der Waals surface area contributed by atoms with Gasteiger partial charge in [-0.05, 0) is 58.7 Å². The first-order chi connectivity index (χ1) is 8.56. The summed E-state index contributed by atoms with van der Waals surface area (Å²) in [4.78, 5) is 16.0. The Kier molecular flexibility index (Phi) is 3.99. The second-order valence-corrected chi connectivity index (χ2v) is 5.10. The number of carbonyl (C=O) groups is 1. The molecular weight excluding hydrogens is 316 g/mol. The van der Waals surface area contributed by atoms with E-state index in [1.807, 2.05) is 13.0 Å². The number of anilines is 1. The summed E-state index contributed by atoms with van der Waals surface area (Å²) in [5, 5.41) is 3.36. The van der Waals surface area contributed by atoms with E-state index in [2.05, 4.69) is 26.2 Å². The predicted molar refractivity (Wildman–Crippen MR) is 76.1 cm³/mol. The van der Waals surface area contributed by atoms with Gasteiger partial charge in [-0.25, -0.2) is 4.98 Å². The van der Waals surface area contributed by atoms with Crippen molar-refractivity contribution in [2.45, 2.75) is 6.92 Å². The Bertz CT molecular complexity index is 584. The molecular formula is C13H10BrClN2O. The van der Waals surface area contributed by atoms with Gasteiger partial charge >= 0.3 is 0 Å². The highest BCUT2D eigenvalue weighted by molar-refractivity contribution is 9.10. The Morgan fingerprint density at radius 2 is 2.11 bits per heavy atom. The lowest BCUT2D eigenvalue weighted by Gasteiger charge is -2.06. The van der Waals surface area contributed by atoms with E-state index in [1.165, 1.54) is 0 Å². The standard InChI is InChI=1S/C13H10BrClN2O/c1-8-6-9(2-4-11(8)15)13(18)17-12-5-3-10(14)7-16-12/h2-7H,1H3,(H,16,17,18). The summed E-state index contributed by atoms with van der Waals surface area (Å²) in [6, 6.07) is 8.68. The summed E-state index contributed by atoms with van der Waals surface area (Å²) in [5.41, 5.74) is 1.43. The summed E-state index contributed by atoms with van der Waals surface area (Å²) in [6.45, 7) is 1.86. The van der Waals surface area contributed by atoms with Crippen LogP contribution in [-0.2, 0) is 0 Å². The van der Waals surface area contributed by atoms with E-state index in [-0.39, 0.29) is 5.91 Å². The average Bonchev–Trinajstić information content (AvgIpc) is 2.35. The molecule has 18 heavy (non-hydrogen) atoms. The van der Waals surface area contributed by atoms with Crippen LogP contribution in [0.4, 0.5) is 5.82 Å². The number of rotatable bonds is 2. The SMILES string of the molecule is Cc1cc(C(=O)Nc2ccc(Br)cn2)ccc1Cl. The molecule has 0 unspecified atom stereocenters. The van der Waals surface area contributed by atoms with Gasteiger partial charge in [-0.15, -0.1) is 0 Å². The second kappa shape index (κ2) is 5.50. The third kappa shape index (κ3) is 3.09. The monoisotopic (exact) mass is 324 g/mol. The number of hydrogen-bond acceptors (Lipinski definition) is 2. The van der Waals surface area contributed by atoms with Gasteiger partial charge in [0.05, 0.1) is 0 Å². The van der Waals surface area contributed by atoms with Crippen molar-refractivity contribution in [3.8, 4) is 0 Å². The van der Waals surface area contributed by atoms with Crippen LogP contribution >= 0.6 is 27.5 Å². The number of hydrogen-bond donors (Lipinski definition) is 1. The molecule has 1 amide bonds. The highest BCUT2D eigenvalue weighted by atomic mass is 79.9. The number of benzene rings is 1. The highest BCUT2D eigenvalue weighted by Crippen LogP contribution is 2.17. The molecule has 0 aliphatic rings. The van der Waals surface area contributed by atoms with E-state index < -0.39 is 0 Å². The van der Waals surface area contributed by atoms with E-state index in [9.17, 15) is 4.79 Å². The van der Waals surface area contributed by atoms with Crippen molar-refractivity contribution in [1.29, 1.82) is 0 Å². The lowest BCUT2D eigenvalue weighted by atomic mass is 10.1. The summed E-state index contributed by atoms with van der Waals surface area (Å²) in [6.07, 6.45) is 1.63. The number of nitrogens with one attached hydrogen (secondary N) is 1. The van der Waals surface area contributed by atoms with Gasteiger partial charge in [-0.3, -0.25) is 4.79 Å². The number of aryl methyl sites for hydroxylation is 1. The molecule has 0 aliphatic carbocycles. The van der Waals surface area contributed by atoms with E-state index >= 15 is 0 Å². The predicted octanol–water partition coefficient (Wildman–Crippen LogP) is 4.06. The number of aromatic nitrogens is 1. The number of amides is 1. The number of halogens is 2. The van der Waals surface area contributed by atoms with E-state index in [1.54, 1.807) is 30.5 Å². The maximum absolute atomic E-state index is 12.0. The maximum Gasteiger partial charge on any atom is 0.256 e. The second-order valence-electron chi connectivity index (χ2n) is 3.78. The Balaban J connectivity index is 2.16. The zero-order valence-electron chi connectivity index (χ0n) is 9.58. The first-order valence-electron chi connectivity index (χ1n) is 5.25. The van der Waals surface area contributed by atoms with Crippen LogP contribution in [0.1, 0.15) is 15.9 Å². The van der Waals surface area contributed by atoms with Gasteiger partial charge < -0.3 is 5.32 Å². The lowest BCUT2D eigenvalue weighted by molar-refractivity contribution is 0.102. The summed E-state index contributed by atoms with van der Waals surface area (Å²) in [5.74, 6) is 0.306. The third-order valence-corrected chi connectivity index (χ3v) is 3.28. The van der Waals surface area contributed by atoms with Gasteiger partial charge in [0.2, 0.25) is 0 Å². The molecule has 0 spiro atoms. The molecule has 0 atom stereocenters. The fourth-order valence-corrected chi connectivity index (χ4v) is 1.78. The minimum atomic E-state index is -0.204.